The summed E-state index contributed by atoms with van der Waals surface area (Å²) >= 11 is 0. The van der Waals surface area contributed by atoms with Crippen molar-refractivity contribution in [2.24, 2.45) is 11.3 Å². The van der Waals surface area contributed by atoms with Crippen LogP contribution < -0.4 is 0 Å². The molecule has 4 nitrogen and oxygen atoms in total. The van der Waals surface area contributed by atoms with Gasteiger partial charge in [0.05, 0.1) is 12.1 Å². The van der Waals surface area contributed by atoms with Crippen LogP contribution in [0.5, 0.6) is 0 Å². The van der Waals surface area contributed by atoms with Crippen molar-refractivity contribution in [1.82, 2.24) is 9.80 Å². The molecule has 0 aromatic rings. The molecule has 1 heterocycles. The Balaban J connectivity index is 1.93. The van der Waals surface area contributed by atoms with Crippen LogP contribution in [0.3, 0.4) is 0 Å². The highest BCUT2D eigenvalue weighted by Gasteiger charge is 2.39. The van der Waals surface area contributed by atoms with Gasteiger partial charge < -0.3 is 4.90 Å². The number of nitrogens with zero attached hydrogens (tertiary/aromatic N) is 3. The maximum atomic E-state index is 12.8. The topological polar surface area (TPSA) is 47.3 Å². The number of piperazine rings is 1. The Morgan fingerprint density at radius 2 is 1.90 bits per heavy atom. The minimum absolute atomic E-state index is 0.0432. The van der Waals surface area contributed by atoms with E-state index in [1.54, 1.807) is 0 Å². The lowest BCUT2D eigenvalue weighted by molar-refractivity contribution is -0.143. The quantitative estimate of drug-likeness (QED) is 0.778. The van der Waals surface area contributed by atoms with Gasteiger partial charge in [-0.1, -0.05) is 26.7 Å². The van der Waals surface area contributed by atoms with Crippen molar-refractivity contribution in [3.8, 4) is 6.07 Å². The maximum absolute atomic E-state index is 12.8. The molecule has 1 aliphatic carbocycles. The van der Waals surface area contributed by atoms with E-state index >= 15 is 0 Å². The minimum Gasteiger partial charge on any atom is -0.340 e. The third kappa shape index (κ3) is 3.15. The predicted octanol–water partition coefficient (Wildman–Crippen LogP) is 2.26. The molecule has 2 fully saturated rings. The monoisotopic (exact) mass is 277 g/mol. The van der Waals surface area contributed by atoms with Crippen LogP contribution in [-0.2, 0) is 4.79 Å². The SMILES string of the molecule is CC(C#N)N1CCN(C(=O)C2CCCCC2(C)C)CC1. The first kappa shape index (κ1) is 15.3. The van der Waals surface area contributed by atoms with E-state index < -0.39 is 0 Å². The van der Waals surface area contributed by atoms with Crippen LogP contribution in [0.1, 0.15) is 46.5 Å². The van der Waals surface area contributed by atoms with Crippen LogP contribution in [0, 0.1) is 22.7 Å². The van der Waals surface area contributed by atoms with Crippen molar-refractivity contribution in [2.75, 3.05) is 26.2 Å². The summed E-state index contributed by atoms with van der Waals surface area (Å²) < 4.78 is 0. The number of nitriles is 1. The Hall–Kier alpha value is -1.08. The zero-order valence-electron chi connectivity index (χ0n) is 13.1. The summed E-state index contributed by atoms with van der Waals surface area (Å²) in [4.78, 5) is 16.9. The largest absolute Gasteiger partial charge is 0.340 e. The molecule has 20 heavy (non-hydrogen) atoms. The van der Waals surface area contributed by atoms with E-state index in [0.29, 0.717) is 5.91 Å². The fraction of sp³-hybridized carbons (Fsp3) is 0.875. The highest BCUT2D eigenvalue weighted by atomic mass is 16.2. The number of hydrogen-bond donors (Lipinski definition) is 0. The minimum atomic E-state index is -0.0432. The number of carbonyl (C=O) groups excluding carboxylic acids is 1. The van der Waals surface area contributed by atoms with E-state index in [1.165, 1.54) is 12.8 Å². The molecule has 0 radical (unpaired) electrons. The van der Waals surface area contributed by atoms with Gasteiger partial charge in [0, 0.05) is 32.1 Å². The number of amides is 1. The average molecular weight is 277 g/mol. The predicted molar refractivity (Wildman–Crippen MR) is 79.0 cm³/mol. The molecular weight excluding hydrogens is 250 g/mol. The fourth-order valence-corrected chi connectivity index (χ4v) is 3.58. The molecule has 0 spiro atoms. The fourth-order valence-electron chi connectivity index (χ4n) is 3.58. The number of carbonyl (C=O) groups is 1. The summed E-state index contributed by atoms with van der Waals surface area (Å²) in [6.45, 7) is 9.61. The van der Waals surface area contributed by atoms with Gasteiger partial charge >= 0.3 is 0 Å². The van der Waals surface area contributed by atoms with Crippen molar-refractivity contribution in [3.63, 3.8) is 0 Å². The van der Waals surface area contributed by atoms with E-state index in [1.807, 2.05) is 11.8 Å². The lowest BCUT2D eigenvalue weighted by Crippen LogP contribution is -2.54. The van der Waals surface area contributed by atoms with E-state index in [2.05, 4.69) is 24.8 Å². The van der Waals surface area contributed by atoms with E-state index in [9.17, 15) is 4.79 Å². The van der Waals surface area contributed by atoms with Crippen molar-refractivity contribution in [2.45, 2.75) is 52.5 Å². The van der Waals surface area contributed by atoms with Gasteiger partial charge in [-0.25, -0.2) is 0 Å². The van der Waals surface area contributed by atoms with Gasteiger partial charge in [-0.05, 0) is 25.2 Å². The normalized spacial score (nSPS) is 28.7. The van der Waals surface area contributed by atoms with Gasteiger partial charge in [-0.3, -0.25) is 9.69 Å². The molecule has 112 valence electrons. The Morgan fingerprint density at radius 3 is 2.45 bits per heavy atom. The standard InChI is InChI=1S/C16H27N3O/c1-13(12-17)18-8-10-19(11-9-18)15(20)14-6-4-5-7-16(14,2)3/h13-14H,4-11H2,1-3H3. The first-order valence-corrected chi connectivity index (χ1v) is 7.88. The summed E-state index contributed by atoms with van der Waals surface area (Å²) in [6, 6.07) is 2.23. The smallest absolute Gasteiger partial charge is 0.226 e. The van der Waals surface area contributed by atoms with Gasteiger partial charge in [-0.15, -0.1) is 0 Å². The Labute approximate surface area is 122 Å². The van der Waals surface area contributed by atoms with Crippen LogP contribution in [0.2, 0.25) is 0 Å². The van der Waals surface area contributed by atoms with Crippen LogP contribution in [-0.4, -0.2) is 47.9 Å². The van der Waals surface area contributed by atoms with Crippen LogP contribution in [0.4, 0.5) is 0 Å². The van der Waals surface area contributed by atoms with Gasteiger partial charge in [0.15, 0.2) is 0 Å². The molecule has 2 atom stereocenters. The van der Waals surface area contributed by atoms with Crippen molar-refractivity contribution < 1.29 is 4.79 Å². The molecule has 2 aliphatic rings. The second kappa shape index (κ2) is 6.13. The van der Waals surface area contributed by atoms with E-state index in [-0.39, 0.29) is 17.4 Å². The van der Waals surface area contributed by atoms with Crippen LogP contribution in [0.15, 0.2) is 0 Å². The van der Waals surface area contributed by atoms with Crippen molar-refractivity contribution >= 4 is 5.91 Å². The van der Waals surface area contributed by atoms with Gasteiger partial charge in [0.2, 0.25) is 5.91 Å². The maximum Gasteiger partial charge on any atom is 0.226 e. The summed E-state index contributed by atoms with van der Waals surface area (Å²) in [5.74, 6) is 0.537. The summed E-state index contributed by atoms with van der Waals surface area (Å²) in [5, 5.41) is 8.96. The summed E-state index contributed by atoms with van der Waals surface area (Å²) in [5.41, 5.74) is 0.145. The summed E-state index contributed by atoms with van der Waals surface area (Å²) in [7, 11) is 0. The van der Waals surface area contributed by atoms with E-state index in [4.69, 9.17) is 5.26 Å². The molecule has 1 saturated carbocycles. The Morgan fingerprint density at radius 1 is 1.25 bits per heavy atom. The molecule has 0 N–H and O–H groups in total. The van der Waals surface area contributed by atoms with Gasteiger partial charge in [0.1, 0.15) is 0 Å². The molecule has 4 heteroatoms. The Bertz CT molecular complexity index is 391. The lowest BCUT2D eigenvalue weighted by Gasteiger charge is -2.43. The zero-order valence-corrected chi connectivity index (χ0v) is 13.1. The molecular formula is C16H27N3O. The Kier molecular flexibility index (Phi) is 4.70. The number of hydrogen-bond acceptors (Lipinski definition) is 3. The molecule has 2 rings (SSSR count). The zero-order chi connectivity index (χ0) is 14.8. The molecule has 1 aliphatic heterocycles. The average Bonchev–Trinajstić information content (AvgIpc) is 2.45. The van der Waals surface area contributed by atoms with Gasteiger partial charge in [0.25, 0.3) is 0 Å². The first-order chi connectivity index (χ1) is 9.45. The second-order valence-corrected chi connectivity index (χ2v) is 6.95. The third-order valence-electron chi connectivity index (χ3n) is 5.17. The molecule has 0 aromatic carbocycles. The molecule has 1 saturated heterocycles. The molecule has 2 unspecified atom stereocenters. The molecule has 1 amide bonds. The molecule has 0 aromatic heterocycles. The van der Waals surface area contributed by atoms with Gasteiger partial charge in [-0.2, -0.15) is 5.26 Å². The highest BCUT2D eigenvalue weighted by Crippen LogP contribution is 2.41. The summed E-state index contributed by atoms with van der Waals surface area (Å²) in [6.07, 6.45) is 4.64. The second-order valence-electron chi connectivity index (χ2n) is 6.95. The van der Waals surface area contributed by atoms with Crippen molar-refractivity contribution in [1.29, 1.82) is 5.26 Å². The van der Waals surface area contributed by atoms with E-state index in [0.717, 1.165) is 39.0 Å². The first-order valence-electron chi connectivity index (χ1n) is 7.88. The van der Waals surface area contributed by atoms with Crippen LogP contribution >= 0.6 is 0 Å². The highest BCUT2D eigenvalue weighted by molar-refractivity contribution is 5.79. The number of rotatable bonds is 2. The lowest BCUT2D eigenvalue weighted by atomic mass is 9.68. The third-order valence-corrected chi connectivity index (χ3v) is 5.17. The van der Waals surface area contributed by atoms with Crippen molar-refractivity contribution in [3.05, 3.63) is 0 Å². The molecule has 0 bridgehead atoms. The van der Waals surface area contributed by atoms with Crippen LogP contribution in [0.25, 0.3) is 0 Å².